The fourth-order valence-electron chi connectivity index (χ4n) is 3.08. The van der Waals surface area contributed by atoms with Crippen LogP contribution in [-0.2, 0) is 0 Å². The molecule has 1 aromatic carbocycles. The Labute approximate surface area is 122 Å². The lowest BCUT2D eigenvalue weighted by Gasteiger charge is -2.36. The number of benzene rings is 1. The topological polar surface area (TPSA) is 38.0 Å². The highest BCUT2D eigenvalue weighted by Gasteiger charge is 2.40. The Balaban J connectivity index is 2.22. The third-order valence-electron chi connectivity index (χ3n) is 4.13. The van der Waals surface area contributed by atoms with Crippen molar-refractivity contribution in [1.29, 1.82) is 0 Å². The van der Waals surface area contributed by atoms with Crippen LogP contribution in [0.4, 0.5) is 5.69 Å². The molecule has 1 aliphatic rings. The minimum Gasteiger partial charge on any atom is -0.378 e. The van der Waals surface area contributed by atoms with Gasteiger partial charge in [0, 0.05) is 16.7 Å². The fourth-order valence-corrected chi connectivity index (χ4v) is 3.51. The van der Waals surface area contributed by atoms with Crippen molar-refractivity contribution in [3.05, 3.63) is 27.7 Å². The highest BCUT2D eigenvalue weighted by molar-refractivity contribution is 9.10. The summed E-state index contributed by atoms with van der Waals surface area (Å²) in [4.78, 5) is 0. The summed E-state index contributed by atoms with van der Waals surface area (Å²) >= 11 is 9.55. The Morgan fingerprint density at radius 2 is 2.33 bits per heavy atom. The molecule has 0 amide bonds. The molecule has 1 aromatic rings. The molecule has 18 heavy (non-hydrogen) atoms. The maximum atomic E-state index is 6.14. The van der Waals surface area contributed by atoms with E-state index in [2.05, 4.69) is 34.2 Å². The second-order valence-corrected chi connectivity index (χ2v) is 6.37. The largest absolute Gasteiger partial charge is 0.378 e. The maximum Gasteiger partial charge on any atom is 0.0568 e. The number of nitrogens with one attached hydrogen (secondary N) is 1. The van der Waals surface area contributed by atoms with Crippen LogP contribution in [0.15, 0.2) is 22.7 Å². The van der Waals surface area contributed by atoms with E-state index in [0.717, 1.165) is 21.6 Å². The van der Waals surface area contributed by atoms with Gasteiger partial charge >= 0.3 is 0 Å². The first kappa shape index (κ1) is 14.2. The Bertz CT molecular complexity index is 424. The van der Waals surface area contributed by atoms with Crippen molar-refractivity contribution >= 4 is 33.2 Å². The molecule has 3 N–H and O–H groups in total. The van der Waals surface area contributed by atoms with Gasteiger partial charge in [-0.15, -0.1) is 0 Å². The number of halogens is 2. The highest BCUT2D eigenvalue weighted by atomic mass is 79.9. The van der Waals surface area contributed by atoms with E-state index in [1.54, 1.807) is 0 Å². The van der Waals surface area contributed by atoms with Gasteiger partial charge in [-0.1, -0.05) is 31.4 Å². The first-order valence-electron chi connectivity index (χ1n) is 6.54. The normalized spacial score (nSPS) is 27.4. The SMILES string of the molecule is CCC1CCCC1(CN)Nc1ccc(Br)c(Cl)c1. The van der Waals surface area contributed by atoms with Crippen LogP contribution < -0.4 is 11.1 Å². The molecule has 4 heteroatoms. The Kier molecular flexibility index (Phi) is 4.57. The molecule has 0 radical (unpaired) electrons. The number of hydrogen-bond acceptors (Lipinski definition) is 2. The van der Waals surface area contributed by atoms with E-state index >= 15 is 0 Å². The second-order valence-electron chi connectivity index (χ2n) is 5.11. The van der Waals surface area contributed by atoms with Crippen LogP contribution in [0.1, 0.15) is 32.6 Å². The van der Waals surface area contributed by atoms with Gasteiger partial charge < -0.3 is 11.1 Å². The molecule has 1 aliphatic carbocycles. The summed E-state index contributed by atoms with van der Waals surface area (Å²) in [6.07, 6.45) is 4.85. The zero-order valence-electron chi connectivity index (χ0n) is 10.7. The van der Waals surface area contributed by atoms with E-state index in [-0.39, 0.29) is 5.54 Å². The molecule has 0 heterocycles. The lowest BCUT2D eigenvalue weighted by atomic mass is 9.85. The summed E-state index contributed by atoms with van der Waals surface area (Å²) in [5, 5.41) is 4.38. The molecule has 2 unspecified atom stereocenters. The van der Waals surface area contributed by atoms with Crippen molar-refractivity contribution in [3.63, 3.8) is 0 Å². The molecule has 1 fully saturated rings. The molecule has 0 aliphatic heterocycles. The quantitative estimate of drug-likeness (QED) is 0.857. The van der Waals surface area contributed by atoms with Crippen molar-refractivity contribution in [3.8, 4) is 0 Å². The van der Waals surface area contributed by atoms with Crippen molar-refractivity contribution in [1.82, 2.24) is 0 Å². The molecule has 0 bridgehead atoms. The molecule has 100 valence electrons. The predicted octanol–water partition coefficient (Wildman–Crippen LogP) is 4.42. The number of nitrogens with two attached hydrogens (primary N) is 1. The molecule has 2 rings (SSSR count). The van der Waals surface area contributed by atoms with Gasteiger partial charge in [0.25, 0.3) is 0 Å². The van der Waals surface area contributed by atoms with Gasteiger partial charge in [0.2, 0.25) is 0 Å². The zero-order valence-corrected chi connectivity index (χ0v) is 13.0. The van der Waals surface area contributed by atoms with Crippen molar-refractivity contribution in [2.24, 2.45) is 11.7 Å². The third-order valence-corrected chi connectivity index (χ3v) is 5.36. The number of hydrogen-bond donors (Lipinski definition) is 2. The van der Waals surface area contributed by atoms with Crippen molar-refractivity contribution < 1.29 is 0 Å². The van der Waals surface area contributed by atoms with Crippen LogP contribution >= 0.6 is 27.5 Å². The summed E-state index contributed by atoms with van der Waals surface area (Å²) in [7, 11) is 0. The van der Waals surface area contributed by atoms with Gasteiger partial charge in [0.1, 0.15) is 0 Å². The monoisotopic (exact) mass is 330 g/mol. The van der Waals surface area contributed by atoms with E-state index in [9.17, 15) is 0 Å². The van der Waals surface area contributed by atoms with E-state index in [1.807, 2.05) is 12.1 Å². The third kappa shape index (κ3) is 2.68. The second kappa shape index (κ2) is 5.81. The lowest BCUT2D eigenvalue weighted by molar-refractivity contribution is 0.346. The van der Waals surface area contributed by atoms with Crippen molar-refractivity contribution in [2.45, 2.75) is 38.1 Å². The van der Waals surface area contributed by atoms with E-state index < -0.39 is 0 Å². The summed E-state index contributed by atoms with van der Waals surface area (Å²) in [6, 6.07) is 6.00. The predicted molar refractivity (Wildman–Crippen MR) is 82.2 cm³/mol. The lowest BCUT2D eigenvalue weighted by Crippen LogP contribution is -2.48. The molecule has 0 saturated heterocycles. The summed E-state index contributed by atoms with van der Waals surface area (Å²) in [6.45, 7) is 2.93. The van der Waals surface area contributed by atoms with Crippen molar-refractivity contribution in [2.75, 3.05) is 11.9 Å². The summed E-state index contributed by atoms with van der Waals surface area (Å²) < 4.78 is 0.926. The van der Waals surface area contributed by atoms with Crippen LogP contribution in [0.2, 0.25) is 5.02 Å². The van der Waals surface area contributed by atoms with E-state index in [0.29, 0.717) is 12.5 Å². The van der Waals surface area contributed by atoms with Crippen LogP contribution in [-0.4, -0.2) is 12.1 Å². The Morgan fingerprint density at radius 3 is 2.94 bits per heavy atom. The molecule has 0 spiro atoms. The van der Waals surface area contributed by atoms with Crippen LogP contribution in [0.3, 0.4) is 0 Å². The van der Waals surface area contributed by atoms with E-state index in [1.165, 1.54) is 19.3 Å². The molecule has 2 atom stereocenters. The minimum atomic E-state index is 0.0475. The molecule has 1 saturated carbocycles. The summed E-state index contributed by atoms with van der Waals surface area (Å²) in [5.41, 5.74) is 7.16. The van der Waals surface area contributed by atoms with Gasteiger partial charge in [-0.3, -0.25) is 0 Å². The molecular weight excluding hydrogens is 312 g/mol. The first-order valence-corrected chi connectivity index (χ1v) is 7.71. The van der Waals surface area contributed by atoms with Gasteiger partial charge in [-0.05, 0) is 52.9 Å². The highest BCUT2D eigenvalue weighted by Crippen LogP contribution is 2.40. The zero-order chi connectivity index (χ0) is 13.2. The van der Waals surface area contributed by atoms with Crippen LogP contribution in [0.25, 0.3) is 0 Å². The number of rotatable bonds is 4. The molecular formula is C14H20BrClN2. The Hall–Kier alpha value is -0.250. The summed E-state index contributed by atoms with van der Waals surface area (Å²) in [5.74, 6) is 0.657. The fraction of sp³-hybridized carbons (Fsp3) is 0.571. The Morgan fingerprint density at radius 1 is 1.56 bits per heavy atom. The standard InChI is InChI=1S/C14H20BrClN2/c1-2-10-4-3-7-14(10,9-17)18-11-5-6-12(15)13(16)8-11/h5-6,8,10,18H,2-4,7,9,17H2,1H3. The van der Waals surface area contributed by atoms with Gasteiger partial charge in [0.15, 0.2) is 0 Å². The molecule has 0 aromatic heterocycles. The van der Waals surface area contributed by atoms with Crippen LogP contribution in [0, 0.1) is 5.92 Å². The average Bonchev–Trinajstić information content (AvgIpc) is 2.77. The maximum absolute atomic E-state index is 6.14. The molecule has 2 nitrogen and oxygen atoms in total. The first-order chi connectivity index (χ1) is 8.61. The van der Waals surface area contributed by atoms with Gasteiger partial charge in [0.05, 0.1) is 10.6 Å². The van der Waals surface area contributed by atoms with Gasteiger partial charge in [-0.2, -0.15) is 0 Å². The van der Waals surface area contributed by atoms with Crippen LogP contribution in [0.5, 0.6) is 0 Å². The average molecular weight is 332 g/mol. The minimum absolute atomic E-state index is 0.0475. The van der Waals surface area contributed by atoms with E-state index in [4.69, 9.17) is 17.3 Å². The number of anilines is 1. The van der Waals surface area contributed by atoms with Gasteiger partial charge in [-0.25, -0.2) is 0 Å². The smallest absolute Gasteiger partial charge is 0.0568 e.